The Kier molecular flexibility index (Phi) is 4.15. The molecule has 0 saturated heterocycles. The summed E-state index contributed by atoms with van der Waals surface area (Å²) in [6.07, 6.45) is 0. The molecule has 1 unspecified atom stereocenters. The highest BCUT2D eigenvalue weighted by atomic mass is 32.2. The van der Waals surface area contributed by atoms with E-state index in [1.54, 1.807) is 18.7 Å². The van der Waals surface area contributed by atoms with Crippen molar-refractivity contribution in [3.05, 3.63) is 0 Å². The van der Waals surface area contributed by atoms with E-state index in [0.29, 0.717) is 5.75 Å². The van der Waals surface area contributed by atoms with Crippen LogP contribution in [0, 0.1) is 5.92 Å². The summed E-state index contributed by atoms with van der Waals surface area (Å²) in [7, 11) is 6.27. The van der Waals surface area contributed by atoms with Gasteiger partial charge in [0, 0.05) is 5.75 Å². The molecule has 0 aliphatic heterocycles. The normalized spacial score (nSPS) is 14.3. The van der Waals surface area contributed by atoms with E-state index in [0.717, 1.165) is 0 Å². The minimum atomic E-state index is -0.707. The van der Waals surface area contributed by atoms with Gasteiger partial charge in [0.05, 0.1) is 5.92 Å². The highest BCUT2D eigenvalue weighted by Gasteiger charge is 2.16. The molecule has 2 nitrogen and oxygen atoms in total. The molecule has 1 atom stereocenters. The van der Waals surface area contributed by atoms with Gasteiger partial charge in [-0.05, 0) is 0 Å². The maximum Gasteiger partial charge on any atom is 0.307 e. The van der Waals surface area contributed by atoms with Gasteiger partial charge in [-0.25, -0.2) is 0 Å². The summed E-state index contributed by atoms with van der Waals surface area (Å²) in [5, 5.41) is 8.57. The number of thioether (sulfide) groups is 1. The molecule has 1 N–H and O–H groups in total. The molecule has 0 aromatic carbocycles. The summed E-state index contributed by atoms with van der Waals surface area (Å²) in [4.78, 5) is 10.4. The van der Waals surface area contributed by atoms with Gasteiger partial charge < -0.3 is 5.11 Å². The first-order chi connectivity index (χ1) is 4.83. The standard InChI is InChI=1S/C5H13B3O2S/c1-3(4(9)10)2-11-5(6,7)8/h3H,2,6-8H2,1H3,(H,9,10). The van der Waals surface area contributed by atoms with Gasteiger partial charge in [0.1, 0.15) is 23.5 Å². The number of carboxylic acids is 1. The van der Waals surface area contributed by atoms with Crippen LogP contribution in [0.5, 0.6) is 0 Å². The molecule has 0 aromatic heterocycles. The van der Waals surface area contributed by atoms with Crippen LogP contribution in [0.3, 0.4) is 0 Å². The number of hydrogen-bond acceptors (Lipinski definition) is 2. The van der Waals surface area contributed by atoms with Gasteiger partial charge >= 0.3 is 5.97 Å². The summed E-state index contributed by atoms with van der Waals surface area (Å²) in [6.45, 7) is 1.74. The smallest absolute Gasteiger partial charge is 0.307 e. The predicted molar refractivity (Wildman–Crippen MR) is 57.6 cm³/mol. The van der Waals surface area contributed by atoms with Crippen LogP contribution in [0.25, 0.3) is 0 Å². The molecular formula is C5H13B3O2S. The Morgan fingerprint density at radius 2 is 2.09 bits per heavy atom. The fraction of sp³-hybridized carbons (Fsp3) is 0.800. The Morgan fingerprint density at radius 1 is 1.64 bits per heavy atom. The third-order valence-electron chi connectivity index (χ3n) is 1.19. The highest BCUT2D eigenvalue weighted by Crippen LogP contribution is 2.17. The van der Waals surface area contributed by atoms with Gasteiger partial charge in [-0.1, -0.05) is 11.4 Å². The lowest BCUT2D eigenvalue weighted by Gasteiger charge is -2.18. The average molecular weight is 170 g/mol. The van der Waals surface area contributed by atoms with Crippen molar-refractivity contribution in [2.75, 3.05) is 5.75 Å². The summed E-state index contributed by atoms with van der Waals surface area (Å²) in [5.74, 6) is -0.250. The molecule has 6 heteroatoms. The van der Waals surface area contributed by atoms with Crippen LogP contribution in [0.1, 0.15) is 6.92 Å². The first kappa shape index (κ1) is 11.0. The van der Waals surface area contributed by atoms with Gasteiger partial charge in [-0.3, -0.25) is 4.79 Å². The summed E-state index contributed by atoms with van der Waals surface area (Å²) in [5.41, 5.74) is 0. The van der Waals surface area contributed by atoms with E-state index < -0.39 is 5.97 Å². The van der Waals surface area contributed by atoms with Crippen LogP contribution in [-0.4, -0.2) is 44.8 Å². The largest absolute Gasteiger partial charge is 0.481 e. The number of hydrogen-bond donors (Lipinski definition) is 1. The zero-order valence-corrected chi connectivity index (χ0v) is 8.36. The van der Waals surface area contributed by atoms with Crippen molar-refractivity contribution in [3.63, 3.8) is 0 Å². The zero-order valence-electron chi connectivity index (χ0n) is 7.55. The Hall–Kier alpha value is 0.0148. The van der Waals surface area contributed by atoms with E-state index in [2.05, 4.69) is 23.5 Å². The maximum absolute atomic E-state index is 10.4. The van der Waals surface area contributed by atoms with E-state index in [1.165, 1.54) is 0 Å². The van der Waals surface area contributed by atoms with Crippen molar-refractivity contribution >= 4 is 41.3 Å². The molecule has 0 aromatic rings. The van der Waals surface area contributed by atoms with Crippen LogP contribution >= 0.6 is 11.8 Å². The van der Waals surface area contributed by atoms with Crippen molar-refractivity contribution in [2.24, 2.45) is 5.92 Å². The van der Waals surface area contributed by atoms with Crippen molar-refractivity contribution in [3.8, 4) is 0 Å². The average Bonchev–Trinajstić information content (AvgIpc) is 1.80. The number of carbonyl (C=O) groups is 1. The van der Waals surface area contributed by atoms with Gasteiger partial charge in [-0.2, -0.15) is 11.8 Å². The van der Waals surface area contributed by atoms with Gasteiger partial charge in [0.2, 0.25) is 0 Å². The molecule has 0 fully saturated rings. The SMILES string of the molecule is BC(B)(B)SCC(C)C(=O)O. The molecule has 0 spiro atoms. The monoisotopic (exact) mass is 170 g/mol. The molecular weight excluding hydrogens is 157 g/mol. The Morgan fingerprint density at radius 3 is 2.36 bits per heavy atom. The molecule has 0 aliphatic rings. The summed E-state index contributed by atoms with van der Waals surface area (Å²) < 4.78 is 0.170. The molecule has 0 saturated carbocycles. The van der Waals surface area contributed by atoms with Crippen LogP contribution in [0.2, 0.25) is 0 Å². The van der Waals surface area contributed by atoms with Crippen LogP contribution in [0.4, 0.5) is 0 Å². The lowest BCUT2D eigenvalue weighted by molar-refractivity contribution is -0.140. The lowest BCUT2D eigenvalue weighted by Crippen LogP contribution is -2.28. The van der Waals surface area contributed by atoms with E-state index in [1.807, 2.05) is 0 Å². The second-order valence-corrected chi connectivity index (χ2v) is 5.51. The topological polar surface area (TPSA) is 37.3 Å². The van der Waals surface area contributed by atoms with Crippen molar-refractivity contribution in [1.29, 1.82) is 0 Å². The third kappa shape index (κ3) is 6.41. The molecule has 11 heavy (non-hydrogen) atoms. The van der Waals surface area contributed by atoms with Crippen LogP contribution in [-0.2, 0) is 4.79 Å². The van der Waals surface area contributed by atoms with Crippen LogP contribution < -0.4 is 0 Å². The van der Waals surface area contributed by atoms with Gasteiger partial charge in [0.15, 0.2) is 0 Å². The maximum atomic E-state index is 10.4. The van der Waals surface area contributed by atoms with E-state index in [4.69, 9.17) is 5.11 Å². The number of aliphatic carboxylic acids is 1. The molecule has 0 radical (unpaired) electrons. The Labute approximate surface area is 74.7 Å². The second-order valence-electron chi connectivity index (χ2n) is 3.66. The van der Waals surface area contributed by atoms with Crippen molar-refractivity contribution < 1.29 is 9.90 Å². The minimum Gasteiger partial charge on any atom is -0.481 e. The van der Waals surface area contributed by atoms with Crippen molar-refractivity contribution in [2.45, 2.75) is 11.4 Å². The van der Waals surface area contributed by atoms with E-state index in [9.17, 15) is 4.79 Å². The molecule has 0 amide bonds. The van der Waals surface area contributed by atoms with Gasteiger partial charge in [0.25, 0.3) is 0 Å². The summed E-state index contributed by atoms with van der Waals surface area (Å²) in [6, 6.07) is 0. The molecule has 0 aliphatic carbocycles. The lowest BCUT2D eigenvalue weighted by atomic mass is 9.56. The Bertz CT molecular complexity index is 145. The predicted octanol–water partition coefficient (Wildman–Crippen LogP) is -2.05. The highest BCUT2D eigenvalue weighted by molar-refractivity contribution is 8.04. The molecule has 60 valence electrons. The van der Waals surface area contributed by atoms with E-state index >= 15 is 0 Å². The zero-order chi connectivity index (χ0) is 9.07. The van der Waals surface area contributed by atoms with Gasteiger partial charge in [-0.15, -0.1) is 0 Å². The fourth-order valence-electron chi connectivity index (χ4n) is 0.446. The quantitative estimate of drug-likeness (QED) is 0.493. The number of carboxylic acid groups (broad SMARTS) is 1. The fourth-order valence-corrected chi connectivity index (χ4v) is 1.34. The molecule has 0 bridgehead atoms. The molecule has 0 rings (SSSR count). The third-order valence-corrected chi connectivity index (χ3v) is 2.72. The second kappa shape index (κ2) is 4.14. The molecule has 0 heterocycles. The summed E-state index contributed by atoms with van der Waals surface area (Å²) >= 11 is 1.69. The first-order valence-electron chi connectivity index (χ1n) is 3.69. The Balaban J connectivity index is 3.63. The van der Waals surface area contributed by atoms with E-state index in [-0.39, 0.29) is 10.4 Å². The van der Waals surface area contributed by atoms with Crippen LogP contribution in [0.15, 0.2) is 0 Å². The number of rotatable bonds is 4. The minimum absolute atomic E-state index is 0.170. The first-order valence-corrected chi connectivity index (χ1v) is 4.68. The van der Waals surface area contributed by atoms with Crippen molar-refractivity contribution in [1.82, 2.24) is 0 Å².